The second kappa shape index (κ2) is 7.87. The van der Waals surface area contributed by atoms with Crippen LogP contribution in [0.3, 0.4) is 0 Å². The van der Waals surface area contributed by atoms with E-state index in [0.717, 1.165) is 28.5 Å². The van der Waals surface area contributed by atoms with Crippen LogP contribution in [0.2, 0.25) is 0 Å². The highest BCUT2D eigenvalue weighted by molar-refractivity contribution is 5.92. The van der Waals surface area contributed by atoms with Crippen LogP contribution in [0.25, 0.3) is 33.9 Å². The lowest BCUT2D eigenvalue weighted by molar-refractivity contribution is -0.122. The SMILES string of the molecule is CCC(C)NC(=O)Cn1nc(-c2nc(-c3cccc(C)c3)no2)c2ccccc21. The Bertz CT molecular complexity index is 1160. The summed E-state index contributed by atoms with van der Waals surface area (Å²) < 4.78 is 7.20. The van der Waals surface area contributed by atoms with Gasteiger partial charge in [0.1, 0.15) is 6.54 Å². The predicted octanol–water partition coefficient (Wildman–Crippen LogP) is 3.98. The van der Waals surface area contributed by atoms with Crippen LogP contribution >= 0.6 is 0 Å². The monoisotopic (exact) mass is 389 g/mol. The standard InChI is InChI=1S/C22H23N5O2/c1-4-15(3)23-19(28)13-27-18-11-6-5-10-17(18)20(25-27)22-24-21(26-29-22)16-9-7-8-14(2)12-16/h5-12,15H,4,13H2,1-3H3,(H,23,28). The molecule has 0 fully saturated rings. The third-order valence-electron chi connectivity index (χ3n) is 4.88. The van der Waals surface area contributed by atoms with E-state index in [9.17, 15) is 4.79 Å². The molecule has 2 aromatic carbocycles. The molecule has 1 amide bonds. The van der Waals surface area contributed by atoms with Crippen molar-refractivity contribution in [2.45, 2.75) is 39.8 Å². The zero-order chi connectivity index (χ0) is 20.4. The van der Waals surface area contributed by atoms with Crippen LogP contribution in [0.1, 0.15) is 25.8 Å². The number of hydrogen-bond acceptors (Lipinski definition) is 5. The highest BCUT2D eigenvalue weighted by Crippen LogP contribution is 2.28. The van der Waals surface area contributed by atoms with Crippen molar-refractivity contribution < 1.29 is 9.32 Å². The van der Waals surface area contributed by atoms with E-state index in [0.29, 0.717) is 17.4 Å². The summed E-state index contributed by atoms with van der Waals surface area (Å²) in [5.41, 5.74) is 3.42. The second-order valence-electron chi connectivity index (χ2n) is 7.19. The van der Waals surface area contributed by atoms with Gasteiger partial charge in [-0.1, -0.05) is 54.0 Å². The average Bonchev–Trinajstić information content (AvgIpc) is 3.33. The fourth-order valence-corrected chi connectivity index (χ4v) is 3.19. The first-order chi connectivity index (χ1) is 14.0. The number of hydrogen-bond donors (Lipinski definition) is 1. The van der Waals surface area contributed by atoms with Crippen molar-refractivity contribution in [3.63, 3.8) is 0 Å². The second-order valence-corrected chi connectivity index (χ2v) is 7.19. The summed E-state index contributed by atoms with van der Waals surface area (Å²) in [6.07, 6.45) is 0.876. The smallest absolute Gasteiger partial charge is 0.279 e. The Labute approximate surface area is 168 Å². The quantitative estimate of drug-likeness (QED) is 0.539. The number of benzene rings is 2. The molecule has 4 aromatic rings. The number of fused-ring (bicyclic) bond motifs is 1. The number of nitrogens with zero attached hydrogens (tertiary/aromatic N) is 4. The summed E-state index contributed by atoms with van der Waals surface area (Å²) in [5, 5.41) is 12.6. The molecule has 0 saturated heterocycles. The molecule has 0 saturated carbocycles. The molecule has 0 aliphatic carbocycles. The maximum absolute atomic E-state index is 12.4. The fraction of sp³-hybridized carbons (Fsp3) is 0.273. The number of amides is 1. The Morgan fingerprint density at radius 3 is 2.83 bits per heavy atom. The van der Waals surface area contributed by atoms with Crippen molar-refractivity contribution in [1.82, 2.24) is 25.2 Å². The third-order valence-corrected chi connectivity index (χ3v) is 4.88. The predicted molar refractivity (Wildman–Crippen MR) is 111 cm³/mol. The maximum Gasteiger partial charge on any atom is 0.279 e. The molecular weight excluding hydrogens is 366 g/mol. The molecule has 0 spiro atoms. The summed E-state index contributed by atoms with van der Waals surface area (Å²) >= 11 is 0. The van der Waals surface area contributed by atoms with Crippen LogP contribution in [-0.4, -0.2) is 31.9 Å². The molecule has 1 unspecified atom stereocenters. The summed E-state index contributed by atoms with van der Waals surface area (Å²) in [4.78, 5) is 16.9. The van der Waals surface area contributed by atoms with Crippen LogP contribution in [-0.2, 0) is 11.3 Å². The average molecular weight is 389 g/mol. The van der Waals surface area contributed by atoms with Gasteiger partial charge < -0.3 is 9.84 Å². The molecule has 148 valence electrons. The first kappa shape index (κ1) is 18.9. The summed E-state index contributed by atoms with van der Waals surface area (Å²) in [7, 11) is 0. The summed E-state index contributed by atoms with van der Waals surface area (Å²) in [5.74, 6) is 0.765. The van der Waals surface area contributed by atoms with Crippen LogP contribution in [0.5, 0.6) is 0 Å². The summed E-state index contributed by atoms with van der Waals surface area (Å²) in [6.45, 7) is 6.16. The van der Waals surface area contributed by atoms with E-state index in [-0.39, 0.29) is 18.5 Å². The Hall–Kier alpha value is -3.48. The summed E-state index contributed by atoms with van der Waals surface area (Å²) in [6, 6.07) is 15.8. The molecule has 0 bridgehead atoms. The first-order valence-electron chi connectivity index (χ1n) is 9.71. The molecule has 0 radical (unpaired) electrons. The van der Waals surface area contributed by atoms with E-state index < -0.39 is 0 Å². The van der Waals surface area contributed by atoms with Crippen molar-refractivity contribution in [1.29, 1.82) is 0 Å². The van der Waals surface area contributed by atoms with E-state index >= 15 is 0 Å². The van der Waals surface area contributed by atoms with Crippen molar-refractivity contribution in [2.75, 3.05) is 0 Å². The van der Waals surface area contributed by atoms with Gasteiger partial charge in [0, 0.05) is 17.0 Å². The minimum Gasteiger partial charge on any atom is -0.352 e. The Kier molecular flexibility index (Phi) is 5.12. The lowest BCUT2D eigenvalue weighted by Crippen LogP contribution is -2.34. The van der Waals surface area contributed by atoms with Gasteiger partial charge in [-0.3, -0.25) is 9.48 Å². The zero-order valence-corrected chi connectivity index (χ0v) is 16.7. The van der Waals surface area contributed by atoms with E-state index in [1.807, 2.05) is 69.3 Å². The largest absolute Gasteiger partial charge is 0.352 e. The van der Waals surface area contributed by atoms with Crippen LogP contribution in [0.4, 0.5) is 0 Å². The van der Waals surface area contributed by atoms with Gasteiger partial charge in [-0.25, -0.2) is 0 Å². The molecule has 0 aliphatic heterocycles. The third kappa shape index (κ3) is 3.89. The van der Waals surface area contributed by atoms with Crippen molar-refractivity contribution in [3.8, 4) is 23.0 Å². The first-order valence-corrected chi connectivity index (χ1v) is 9.71. The van der Waals surface area contributed by atoms with Crippen LogP contribution in [0, 0.1) is 6.92 Å². The molecule has 29 heavy (non-hydrogen) atoms. The maximum atomic E-state index is 12.4. The van der Waals surface area contributed by atoms with Crippen molar-refractivity contribution >= 4 is 16.8 Å². The molecule has 1 N–H and O–H groups in total. The fourth-order valence-electron chi connectivity index (χ4n) is 3.19. The van der Waals surface area contributed by atoms with Gasteiger partial charge in [0.05, 0.1) is 5.52 Å². The number of aromatic nitrogens is 4. The van der Waals surface area contributed by atoms with Gasteiger partial charge in [-0.2, -0.15) is 10.1 Å². The number of carbonyl (C=O) groups excluding carboxylic acids is 1. The molecule has 2 aromatic heterocycles. The van der Waals surface area contributed by atoms with E-state index in [2.05, 4.69) is 20.6 Å². The molecule has 2 heterocycles. The van der Waals surface area contributed by atoms with E-state index in [1.54, 1.807) is 4.68 Å². The Morgan fingerprint density at radius 2 is 2.03 bits per heavy atom. The number of carbonyl (C=O) groups is 1. The van der Waals surface area contributed by atoms with Gasteiger partial charge in [0.15, 0.2) is 5.69 Å². The minimum absolute atomic E-state index is 0.0786. The normalized spacial score (nSPS) is 12.2. The molecule has 7 nitrogen and oxygen atoms in total. The highest BCUT2D eigenvalue weighted by atomic mass is 16.5. The Balaban J connectivity index is 1.69. The topological polar surface area (TPSA) is 85.8 Å². The molecule has 1 atom stereocenters. The number of rotatable bonds is 6. The molecule has 0 aliphatic rings. The Morgan fingerprint density at radius 1 is 1.21 bits per heavy atom. The lowest BCUT2D eigenvalue weighted by Gasteiger charge is -2.11. The van der Waals surface area contributed by atoms with E-state index in [1.165, 1.54) is 0 Å². The van der Waals surface area contributed by atoms with Gasteiger partial charge in [-0.15, -0.1) is 0 Å². The van der Waals surface area contributed by atoms with Crippen molar-refractivity contribution in [2.24, 2.45) is 0 Å². The van der Waals surface area contributed by atoms with Gasteiger partial charge >= 0.3 is 0 Å². The van der Waals surface area contributed by atoms with Gasteiger partial charge in [0.2, 0.25) is 11.7 Å². The number of para-hydroxylation sites is 1. The highest BCUT2D eigenvalue weighted by Gasteiger charge is 2.20. The van der Waals surface area contributed by atoms with E-state index in [4.69, 9.17) is 4.52 Å². The van der Waals surface area contributed by atoms with Crippen molar-refractivity contribution in [3.05, 3.63) is 54.1 Å². The molecule has 7 heteroatoms. The zero-order valence-electron chi connectivity index (χ0n) is 16.7. The lowest BCUT2D eigenvalue weighted by atomic mass is 10.1. The molecule has 4 rings (SSSR count). The number of nitrogens with one attached hydrogen (secondary N) is 1. The number of aryl methyl sites for hydroxylation is 1. The van der Waals surface area contributed by atoms with Gasteiger partial charge in [-0.05, 0) is 32.4 Å². The molecular formula is C22H23N5O2. The van der Waals surface area contributed by atoms with Gasteiger partial charge in [0.25, 0.3) is 5.89 Å². The van der Waals surface area contributed by atoms with Crippen LogP contribution < -0.4 is 5.32 Å². The minimum atomic E-state index is -0.0786. The van der Waals surface area contributed by atoms with Crippen LogP contribution in [0.15, 0.2) is 53.1 Å².